The number of carbonyl (C=O) groups is 2. The van der Waals surface area contributed by atoms with Gasteiger partial charge in [-0.3, -0.25) is 4.79 Å². The van der Waals surface area contributed by atoms with Gasteiger partial charge >= 0.3 is 11.6 Å². The van der Waals surface area contributed by atoms with Crippen molar-refractivity contribution in [2.45, 2.75) is 39.8 Å². The summed E-state index contributed by atoms with van der Waals surface area (Å²) in [4.78, 5) is 35.4. The number of rotatable bonds is 7. The van der Waals surface area contributed by atoms with Crippen molar-refractivity contribution in [1.29, 1.82) is 0 Å². The van der Waals surface area contributed by atoms with Gasteiger partial charge in [0.1, 0.15) is 29.3 Å². The molecule has 0 spiro atoms. The topological polar surface area (TPSA) is 119 Å². The van der Waals surface area contributed by atoms with Gasteiger partial charge in [-0.25, -0.2) is 9.59 Å². The van der Waals surface area contributed by atoms with E-state index < -0.39 is 17.5 Å². The number of nitrogens with one attached hydrogen (secondary N) is 1. The van der Waals surface area contributed by atoms with Crippen LogP contribution < -0.4 is 15.7 Å². The van der Waals surface area contributed by atoms with Crippen molar-refractivity contribution in [2.75, 3.05) is 0 Å². The summed E-state index contributed by atoms with van der Waals surface area (Å²) in [6.45, 7) is 5.53. The second kappa shape index (κ2) is 8.22. The van der Waals surface area contributed by atoms with Crippen molar-refractivity contribution in [3.05, 3.63) is 63.4 Å². The number of fused-ring (bicyclic) bond motifs is 1. The minimum absolute atomic E-state index is 0.0540. The molecule has 0 bridgehead atoms. The number of benzene rings is 1. The van der Waals surface area contributed by atoms with E-state index in [0.29, 0.717) is 22.5 Å². The molecule has 2 N–H and O–H groups in total. The third-order valence-electron chi connectivity index (χ3n) is 4.57. The molecular formula is C21H21NO7. The van der Waals surface area contributed by atoms with Gasteiger partial charge in [0, 0.05) is 23.1 Å². The van der Waals surface area contributed by atoms with Crippen LogP contribution in [0.4, 0.5) is 0 Å². The van der Waals surface area contributed by atoms with E-state index in [1.54, 1.807) is 25.1 Å². The number of aryl methyl sites for hydroxylation is 1. The minimum Gasteiger partial charge on any atom is -0.489 e. The second-order valence-electron chi connectivity index (χ2n) is 6.72. The molecule has 0 aliphatic carbocycles. The molecule has 3 aromatic rings. The zero-order valence-electron chi connectivity index (χ0n) is 16.3. The molecule has 2 aromatic heterocycles. The number of furan rings is 1. The first-order chi connectivity index (χ1) is 13.8. The summed E-state index contributed by atoms with van der Waals surface area (Å²) in [5.74, 6) is -0.907. The Morgan fingerprint density at radius 3 is 2.62 bits per heavy atom. The molecule has 0 saturated carbocycles. The van der Waals surface area contributed by atoms with E-state index in [4.69, 9.17) is 18.7 Å². The Labute approximate surface area is 166 Å². The van der Waals surface area contributed by atoms with Gasteiger partial charge < -0.3 is 24.0 Å². The largest absolute Gasteiger partial charge is 0.489 e. The summed E-state index contributed by atoms with van der Waals surface area (Å²) >= 11 is 0. The molecule has 2 heterocycles. The summed E-state index contributed by atoms with van der Waals surface area (Å²) in [5.41, 5.74) is 0.0951. The molecule has 3 rings (SSSR count). The fourth-order valence-electron chi connectivity index (χ4n) is 2.67. The van der Waals surface area contributed by atoms with Crippen molar-refractivity contribution in [3.8, 4) is 5.75 Å². The predicted molar refractivity (Wildman–Crippen MR) is 104 cm³/mol. The molecule has 0 aliphatic rings. The van der Waals surface area contributed by atoms with Gasteiger partial charge in [-0.2, -0.15) is 0 Å². The van der Waals surface area contributed by atoms with E-state index >= 15 is 0 Å². The van der Waals surface area contributed by atoms with Crippen molar-refractivity contribution in [2.24, 2.45) is 0 Å². The maximum absolute atomic E-state index is 12.2. The Hall–Kier alpha value is -3.55. The molecular weight excluding hydrogens is 378 g/mol. The lowest BCUT2D eigenvalue weighted by molar-refractivity contribution is 0.0660. The standard InChI is InChI=1S/C21H21NO7/c1-4-11(2)22-19(23)16-7-13-5-6-15(9-17(13)29-21(16)26)27-10-14-8-18(20(24)25)28-12(14)3/h5-9,11H,4,10H2,1-3H3,(H,22,23)(H,24,25). The number of aromatic carboxylic acids is 1. The SMILES string of the molecule is CCC(C)NC(=O)c1cc2ccc(OCc3cc(C(=O)O)oc3C)cc2oc1=O. The Bertz CT molecular complexity index is 1130. The fraction of sp³-hybridized carbons (Fsp3) is 0.286. The Morgan fingerprint density at radius 1 is 1.21 bits per heavy atom. The van der Waals surface area contributed by atoms with Crippen molar-refractivity contribution in [1.82, 2.24) is 5.32 Å². The lowest BCUT2D eigenvalue weighted by Crippen LogP contribution is -2.34. The molecule has 0 saturated heterocycles. The first-order valence-corrected chi connectivity index (χ1v) is 9.12. The monoisotopic (exact) mass is 399 g/mol. The predicted octanol–water partition coefficient (Wildman–Crippen LogP) is 3.50. The second-order valence-corrected chi connectivity index (χ2v) is 6.72. The first kappa shape index (κ1) is 20.2. The van der Waals surface area contributed by atoms with Gasteiger partial charge in [-0.1, -0.05) is 6.92 Å². The zero-order valence-corrected chi connectivity index (χ0v) is 16.3. The number of hydrogen-bond donors (Lipinski definition) is 2. The zero-order chi connectivity index (χ0) is 21.1. The third-order valence-corrected chi connectivity index (χ3v) is 4.57. The van der Waals surface area contributed by atoms with Crippen LogP contribution in [0, 0.1) is 6.92 Å². The molecule has 0 radical (unpaired) electrons. The fourth-order valence-corrected chi connectivity index (χ4v) is 2.67. The van der Waals surface area contributed by atoms with Crippen LogP contribution in [0.2, 0.25) is 0 Å². The summed E-state index contributed by atoms with van der Waals surface area (Å²) in [6.07, 6.45) is 0.745. The highest BCUT2D eigenvalue weighted by Gasteiger charge is 2.16. The average Bonchev–Trinajstić information content (AvgIpc) is 3.06. The van der Waals surface area contributed by atoms with E-state index in [2.05, 4.69) is 5.32 Å². The smallest absolute Gasteiger partial charge is 0.371 e. The molecule has 1 aromatic carbocycles. The van der Waals surface area contributed by atoms with Crippen molar-refractivity contribution >= 4 is 22.8 Å². The van der Waals surface area contributed by atoms with Gasteiger partial charge in [0.2, 0.25) is 5.76 Å². The lowest BCUT2D eigenvalue weighted by Gasteiger charge is -2.11. The van der Waals surface area contributed by atoms with Crippen LogP contribution in [0.3, 0.4) is 0 Å². The summed E-state index contributed by atoms with van der Waals surface area (Å²) in [5, 5.41) is 12.3. The number of carbonyl (C=O) groups excluding carboxylic acids is 1. The quantitative estimate of drug-likeness (QED) is 0.584. The van der Waals surface area contributed by atoms with Gasteiger partial charge in [0.05, 0.1) is 0 Å². The lowest BCUT2D eigenvalue weighted by atomic mass is 10.1. The molecule has 8 heteroatoms. The highest BCUT2D eigenvalue weighted by molar-refractivity contribution is 5.96. The van der Waals surface area contributed by atoms with E-state index in [1.807, 2.05) is 13.8 Å². The van der Waals surface area contributed by atoms with Crippen molar-refractivity contribution < 1.29 is 28.3 Å². The number of carboxylic acids is 1. The number of ether oxygens (including phenoxy) is 1. The molecule has 1 amide bonds. The van der Waals surface area contributed by atoms with Gasteiger partial charge in [0.15, 0.2) is 0 Å². The Balaban J connectivity index is 1.80. The Morgan fingerprint density at radius 2 is 1.97 bits per heavy atom. The first-order valence-electron chi connectivity index (χ1n) is 9.12. The van der Waals surface area contributed by atoms with Gasteiger partial charge in [-0.15, -0.1) is 0 Å². The molecule has 1 unspecified atom stereocenters. The van der Waals surface area contributed by atoms with Crippen LogP contribution in [0.5, 0.6) is 5.75 Å². The van der Waals surface area contributed by atoms with Gasteiger partial charge in [0.25, 0.3) is 5.91 Å². The maximum atomic E-state index is 12.2. The van der Waals surface area contributed by atoms with Crippen LogP contribution >= 0.6 is 0 Å². The van der Waals surface area contributed by atoms with Gasteiger partial charge in [-0.05, 0) is 44.5 Å². The molecule has 1 atom stereocenters. The molecule has 0 fully saturated rings. The van der Waals surface area contributed by atoms with E-state index in [-0.39, 0.29) is 29.6 Å². The summed E-state index contributed by atoms with van der Waals surface area (Å²) in [6, 6.07) is 7.73. The van der Waals surface area contributed by atoms with Crippen LogP contribution in [-0.2, 0) is 6.61 Å². The number of carboxylic acid groups (broad SMARTS) is 1. The van der Waals surface area contributed by atoms with E-state index in [9.17, 15) is 14.4 Å². The van der Waals surface area contributed by atoms with Crippen LogP contribution in [0.15, 0.2) is 44.0 Å². The molecule has 29 heavy (non-hydrogen) atoms. The van der Waals surface area contributed by atoms with Crippen LogP contribution in [0.25, 0.3) is 11.0 Å². The molecule has 0 aliphatic heterocycles. The molecule has 152 valence electrons. The van der Waals surface area contributed by atoms with Crippen LogP contribution in [0.1, 0.15) is 52.5 Å². The number of amides is 1. The Kier molecular flexibility index (Phi) is 5.72. The summed E-state index contributed by atoms with van der Waals surface area (Å²) in [7, 11) is 0. The highest BCUT2D eigenvalue weighted by atomic mass is 16.5. The molecule has 8 nitrogen and oxygen atoms in total. The summed E-state index contributed by atoms with van der Waals surface area (Å²) < 4.78 is 16.1. The third kappa shape index (κ3) is 4.48. The average molecular weight is 399 g/mol. The maximum Gasteiger partial charge on any atom is 0.371 e. The minimum atomic E-state index is -1.15. The van der Waals surface area contributed by atoms with E-state index in [0.717, 1.165) is 6.42 Å². The number of hydrogen-bond acceptors (Lipinski definition) is 6. The highest BCUT2D eigenvalue weighted by Crippen LogP contribution is 2.23. The normalized spacial score (nSPS) is 12.0. The van der Waals surface area contributed by atoms with Crippen LogP contribution in [-0.4, -0.2) is 23.0 Å². The van der Waals surface area contributed by atoms with E-state index in [1.165, 1.54) is 12.1 Å². The van der Waals surface area contributed by atoms with Crippen molar-refractivity contribution in [3.63, 3.8) is 0 Å².